The fourth-order valence-corrected chi connectivity index (χ4v) is 4.33. The minimum atomic E-state index is -3.93. The van der Waals surface area contributed by atoms with E-state index in [2.05, 4.69) is 15.4 Å². The van der Waals surface area contributed by atoms with Gasteiger partial charge < -0.3 is 24.8 Å². The van der Waals surface area contributed by atoms with Crippen molar-refractivity contribution >= 4 is 39.3 Å². The van der Waals surface area contributed by atoms with E-state index in [9.17, 15) is 13.2 Å². The number of carbonyl (C=O) groups is 1. The fourth-order valence-electron chi connectivity index (χ4n) is 2.83. The topological polar surface area (TPSA) is 115 Å². The summed E-state index contributed by atoms with van der Waals surface area (Å²) in [4.78, 5) is 12.2. The van der Waals surface area contributed by atoms with Crippen molar-refractivity contribution in [3.63, 3.8) is 0 Å². The first-order chi connectivity index (χ1) is 15.7. The van der Waals surface area contributed by atoms with Crippen molar-refractivity contribution in [2.45, 2.75) is 11.3 Å². The van der Waals surface area contributed by atoms with Gasteiger partial charge in [-0.3, -0.25) is 9.52 Å². The molecule has 2 aromatic rings. The van der Waals surface area contributed by atoms with Gasteiger partial charge in [0.05, 0.1) is 21.3 Å². The van der Waals surface area contributed by atoms with Gasteiger partial charge in [0.25, 0.3) is 10.0 Å². The maximum absolute atomic E-state index is 12.6. The van der Waals surface area contributed by atoms with E-state index in [1.807, 2.05) is 0 Å². The van der Waals surface area contributed by atoms with Gasteiger partial charge >= 0.3 is 0 Å². The minimum Gasteiger partial charge on any atom is -0.497 e. The zero-order chi connectivity index (χ0) is 24.4. The Bertz CT molecular complexity index is 1130. The molecule has 0 spiro atoms. The molecule has 0 aliphatic rings. The molecule has 0 aliphatic carbocycles. The first kappa shape index (κ1) is 25.9. The summed E-state index contributed by atoms with van der Waals surface area (Å²) in [5, 5.41) is 5.30. The monoisotopic (exact) mass is 493 g/mol. The van der Waals surface area contributed by atoms with Gasteiger partial charge in [-0.1, -0.05) is 6.07 Å². The molecular weight excluding hydrogens is 466 g/mol. The molecule has 0 aromatic heterocycles. The van der Waals surface area contributed by atoms with Crippen LogP contribution in [0.1, 0.15) is 11.1 Å². The number of sulfonamides is 1. The lowest BCUT2D eigenvalue weighted by Crippen LogP contribution is -2.37. The Labute approximate surface area is 199 Å². The van der Waals surface area contributed by atoms with Gasteiger partial charge in [0.15, 0.2) is 5.11 Å². The molecule has 1 amide bonds. The van der Waals surface area contributed by atoms with Crippen molar-refractivity contribution in [1.82, 2.24) is 15.4 Å². The van der Waals surface area contributed by atoms with E-state index in [4.69, 9.17) is 26.4 Å². The fraction of sp³-hybridized carbons (Fsp3) is 0.273. The van der Waals surface area contributed by atoms with Gasteiger partial charge in [-0.2, -0.15) is 0 Å². The van der Waals surface area contributed by atoms with E-state index >= 15 is 0 Å². The Morgan fingerprint density at radius 1 is 1.03 bits per heavy atom. The van der Waals surface area contributed by atoms with Crippen LogP contribution < -0.4 is 29.6 Å². The molecule has 2 aromatic carbocycles. The number of carbonyl (C=O) groups excluding carboxylic acids is 1. The molecule has 11 heteroatoms. The Kier molecular flexibility index (Phi) is 9.49. The highest BCUT2D eigenvalue weighted by Crippen LogP contribution is 2.26. The van der Waals surface area contributed by atoms with Gasteiger partial charge in [-0.05, 0) is 54.5 Å². The van der Waals surface area contributed by atoms with E-state index < -0.39 is 10.0 Å². The van der Waals surface area contributed by atoms with Gasteiger partial charge in [0, 0.05) is 31.3 Å². The third kappa shape index (κ3) is 7.36. The number of rotatable bonds is 10. The number of amides is 1. The third-order valence-electron chi connectivity index (χ3n) is 4.54. The van der Waals surface area contributed by atoms with E-state index in [0.717, 1.165) is 5.56 Å². The van der Waals surface area contributed by atoms with Crippen molar-refractivity contribution < 1.29 is 27.4 Å². The Morgan fingerprint density at radius 2 is 1.76 bits per heavy atom. The first-order valence-corrected chi connectivity index (χ1v) is 11.7. The van der Waals surface area contributed by atoms with Crippen LogP contribution in [0.3, 0.4) is 0 Å². The summed E-state index contributed by atoms with van der Waals surface area (Å²) in [7, 11) is 2.07. The van der Waals surface area contributed by atoms with Gasteiger partial charge in [0.1, 0.15) is 22.1 Å². The van der Waals surface area contributed by atoms with Crippen LogP contribution >= 0.6 is 12.2 Å². The summed E-state index contributed by atoms with van der Waals surface area (Å²) in [6.07, 6.45) is 3.45. The number of benzene rings is 2. The molecule has 0 bridgehead atoms. The average molecular weight is 494 g/mol. The quantitative estimate of drug-likeness (QED) is 0.340. The second-order valence-electron chi connectivity index (χ2n) is 6.65. The van der Waals surface area contributed by atoms with E-state index in [0.29, 0.717) is 30.0 Å². The van der Waals surface area contributed by atoms with E-state index in [1.165, 1.54) is 33.4 Å². The van der Waals surface area contributed by atoms with E-state index in [-0.39, 0.29) is 21.7 Å². The van der Waals surface area contributed by atoms with Crippen LogP contribution in [-0.4, -0.2) is 54.4 Å². The molecule has 33 heavy (non-hydrogen) atoms. The van der Waals surface area contributed by atoms with Gasteiger partial charge in [-0.25, -0.2) is 8.42 Å². The molecule has 178 valence electrons. The van der Waals surface area contributed by atoms with Crippen molar-refractivity contribution in [3.8, 4) is 17.2 Å². The van der Waals surface area contributed by atoms with Crippen LogP contribution in [0, 0.1) is 0 Å². The number of hydrogen-bond acceptors (Lipinski definition) is 7. The lowest BCUT2D eigenvalue weighted by Gasteiger charge is -2.13. The van der Waals surface area contributed by atoms with Crippen LogP contribution in [0.15, 0.2) is 47.4 Å². The van der Waals surface area contributed by atoms with E-state index in [1.54, 1.807) is 43.5 Å². The van der Waals surface area contributed by atoms with Gasteiger partial charge in [0.2, 0.25) is 5.91 Å². The van der Waals surface area contributed by atoms with Crippen LogP contribution in [-0.2, 0) is 21.2 Å². The summed E-state index contributed by atoms with van der Waals surface area (Å²) < 4.78 is 43.1. The minimum absolute atomic E-state index is 0.0324. The number of hydrogen-bond donors (Lipinski definition) is 3. The summed E-state index contributed by atoms with van der Waals surface area (Å²) >= 11 is 4.89. The van der Waals surface area contributed by atoms with Crippen LogP contribution in [0.5, 0.6) is 17.2 Å². The molecule has 0 aliphatic heterocycles. The van der Waals surface area contributed by atoms with Crippen LogP contribution in [0.25, 0.3) is 6.08 Å². The summed E-state index contributed by atoms with van der Waals surface area (Å²) in [6, 6.07) is 10.1. The zero-order valence-corrected chi connectivity index (χ0v) is 20.4. The highest BCUT2D eigenvalue weighted by Gasteiger charge is 2.21. The summed E-state index contributed by atoms with van der Waals surface area (Å²) in [5.41, 5.74) is 1.43. The molecule has 0 fully saturated rings. The molecule has 0 radical (unpaired) electrons. The smallest absolute Gasteiger partial charge is 0.267 e. The molecule has 9 nitrogen and oxygen atoms in total. The molecule has 0 saturated carbocycles. The molecule has 2 rings (SSSR count). The number of ether oxygens (including phenoxy) is 3. The SMILES string of the molecule is CNC(=S)NS(=O)(=O)c1cc(CCNC(=O)C=Cc2ccc(OC)cc2OC)ccc1OC. The van der Waals surface area contributed by atoms with Crippen molar-refractivity contribution in [1.29, 1.82) is 0 Å². The third-order valence-corrected chi connectivity index (χ3v) is 6.35. The van der Waals surface area contributed by atoms with Crippen LogP contribution in [0.4, 0.5) is 0 Å². The second kappa shape index (κ2) is 12.1. The molecule has 0 atom stereocenters. The second-order valence-corrected chi connectivity index (χ2v) is 8.71. The zero-order valence-electron chi connectivity index (χ0n) is 18.8. The van der Waals surface area contributed by atoms with Crippen molar-refractivity contribution in [2.75, 3.05) is 34.9 Å². The largest absolute Gasteiger partial charge is 0.497 e. The summed E-state index contributed by atoms with van der Waals surface area (Å²) in [5.74, 6) is 1.12. The first-order valence-electron chi connectivity index (χ1n) is 9.83. The van der Waals surface area contributed by atoms with Gasteiger partial charge in [-0.15, -0.1) is 0 Å². The highest BCUT2D eigenvalue weighted by molar-refractivity contribution is 7.92. The number of nitrogens with one attached hydrogen (secondary N) is 3. The average Bonchev–Trinajstić information content (AvgIpc) is 2.82. The normalized spacial score (nSPS) is 11.0. The highest BCUT2D eigenvalue weighted by atomic mass is 32.2. The molecular formula is C22H27N3O6S2. The lowest BCUT2D eigenvalue weighted by molar-refractivity contribution is -0.116. The Morgan fingerprint density at radius 3 is 2.39 bits per heavy atom. The Hall–Kier alpha value is -3.31. The predicted octanol–water partition coefficient (Wildman–Crippen LogP) is 1.87. The maximum Gasteiger partial charge on any atom is 0.267 e. The Balaban J connectivity index is 2.03. The molecule has 0 unspecified atom stereocenters. The standard InChI is InChI=1S/C22H27N3O6S2/c1-23-22(32)25-33(27,28)20-13-15(5-9-18(20)30-3)11-12-24-21(26)10-7-16-6-8-17(29-2)14-19(16)31-4/h5-10,13-14H,11-12H2,1-4H3,(H,24,26)(H2,23,25,32). The van der Waals surface area contributed by atoms with Crippen molar-refractivity contribution in [2.24, 2.45) is 0 Å². The number of methoxy groups -OCH3 is 3. The predicted molar refractivity (Wildman–Crippen MR) is 130 cm³/mol. The molecule has 0 saturated heterocycles. The molecule has 0 heterocycles. The number of thiocarbonyl (C=S) groups is 1. The maximum atomic E-state index is 12.6. The van der Waals surface area contributed by atoms with Crippen molar-refractivity contribution in [3.05, 3.63) is 53.6 Å². The lowest BCUT2D eigenvalue weighted by atomic mass is 10.1. The molecule has 3 N–H and O–H groups in total. The summed E-state index contributed by atoms with van der Waals surface area (Å²) in [6.45, 7) is 0.303. The van der Waals surface area contributed by atoms with Crippen LogP contribution in [0.2, 0.25) is 0 Å².